The molecule has 1 aromatic carbocycles. The summed E-state index contributed by atoms with van der Waals surface area (Å²) >= 11 is 0. The molecule has 1 amide bonds. The largest absolute Gasteiger partial charge is 0.503 e. The average Bonchev–Trinajstić information content (AvgIpc) is 3.51. The SMILES string of the molecule is CCOc1cccc([C@@H]2C(C(=O)c3ccc(C)o3)=C(O)C(=O)N2CCCn2ccnc2)c1. The van der Waals surface area contributed by atoms with Gasteiger partial charge < -0.3 is 23.7 Å². The summed E-state index contributed by atoms with van der Waals surface area (Å²) in [4.78, 5) is 31.9. The van der Waals surface area contributed by atoms with E-state index >= 15 is 0 Å². The van der Waals surface area contributed by atoms with Crippen LogP contribution >= 0.6 is 0 Å². The first kappa shape index (κ1) is 21.4. The van der Waals surface area contributed by atoms with Crippen LogP contribution < -0.4 is 4.74 Å². The van der Waals surface area contributed by atoms with E-state index in [1.165, 1.54) is 4.90 Å². The van der Waals surface area contributed by atoms with Gasteiger partial charge in [-0.25, -0.2) is 4.98 Å². The highest BCUT2D eigenvalue weighted by molar-refractivity contribution is 6.15. The molecule has 1 N–H and O–H groups in total. The second-order valence-electron chi connectivity index (χ2n) is 7.56. The molecule has 3 aromatic rings. The van der Waals surface area contributed by atoms with Gasteiger partial charge in [0.15, 0.2) is 11.5 Å². The topological polar surface area (TPSA) is 97.8 Å². The molecule has 0 unspecified atom stereocenters. The van der Waals surface area contributed by atoms with Gasteiger partial charge in [0.05, 0.1) is 24.5 Å². The minimum Gasteiger partial charge on any atom is -0.503 e. The predicted molar refractivity (Wildman–Crippen MR) is 116 cm³/mol. The number of hydrogen-bond acceptors (Lipinski definition) is 6. The number of aliphatic hydroxyl groups excluding tert-OH is 1. The molecule has 0 fully saturated rings. The van der Waals surface area contributed by atoms with Crippen molar-refractivity contribution >= 4 is 11.7 Å². The van der Waals surface area contributed by atoms with Crippen LogP contribution in [0.3, 0.4) is 0 Å². The molecule has 1 aliphatic heterocycles. The minimum atomic E-state index is -0.747. The van der Waals surface area contributed by atoms with Crippen molar-refractivity contribution < 1.29 is 23.8 Å². The zero-order valence-corrected chi connectivity index (χ0v) is 18.0. The van der Waals surface area contributed by atoms with E-state index in [0.29, 0.717) is 43.2 Å². The molecule has 8 nitrogen and oxygen atoms in total. The lowest BCUT2D eigenvalue weighted by Crippen LogP contribution is -2.32. The van der Waals surface area contributed by atoms with Crippen LogP contribution in [0.2, 0.25) is 0 Å². The maximum atomic E-state index is 13.3. The number of rotatable bonds is 9. The number of aryl methyl sites for hydroxylation is 2. The zero-order chi connectivity index (χ0) is 22.7. The smallest absolute Gasteiger partial charge is 0.290 e. The van der Waals surface area contributed by atoms with Crippen molar-refractivity contribution in [2.45, 2.75) is 32.9 Å². The summed E-state index contributed by atoms with van der Waals surface area (Å²) in [5, 5.41) is 10.7. The van der Waals surface area contributed by atoms with Gasteiger partial charge in [-0.05, 0) is 50.1 Å². The normalized spacial score (nSPS) is 16.1. The van der Waals surface area contributed by atoms with Crippen LogP contribution in [0.25, 0.3) is 0 Å². The Kier molecular flexibility index (Phi) is 6.11. The molecular weight excluding hydrogens is 410 g/mol. The summed E-state index contributed by atoms with van der Waals surface area (Å²) in [6, 6.07) is 9.72. The van der Waals surface area contributed by atoms with Crippen molar-refractivity contribution in [1.29, 1.82) is 0 Å². The third-order valence-electron chi connectivity index (χ3n) is 5.37. The number of amides is 1. The highest BCUT2D eigenvalue weighted by Crippen LogP contribution is 2.40. The first-order valence-corrected chi connectivity index (χ1v) is 10.5. The number of carbonyl (C=O) groups excluding carboxylic acids is 2. The Bertz CT molecular complexity index is 1150. The number of benzene rings is 1. The van der Waals surface area contributed by atoms with E-state index in [1.807, 2.05) is 35.9 Å². The third kappa shape index (κ3) is 4.16. The number of furan rings is 1. The number of ketones is 1. The Morgan fingerprint density at radius 3 is 2.78 bits per heavy atom. The quantitative estimate of drug-likeness (QED) is 0.513. The Morgan fingerprint density at radius 1 is 1.25 bits per heavy atom. The second-order valence-corrected chi connectivity index (χ2v) is 7.56. The number of aliphatic hydroxyl groups is 1. The van der Waals surface area contributed by atoms with E-state index in [0.717, 1.165) is 0 Å². The summed E-state index contributed by atoms with van der Waals surface area (Å²) in [6.07, 6.45) is 5.87. The van der Waals surface area contributed by atoms with E-state index in [-0.39, 0.29) is 11.3 Å². The van der Waals surface area contributed by atoms with E-state index in [4.69, 9.17) is 9.15 Å². The van der Waals surface area contributed by atoms with E-state index in [9.17, 15) is 14.7 Å². The fourth-order valence-electron chi connectivity index (χ4n) is 3.94. The predicted octanol–water partition coefficient (Wildman–Crippen LogP) is 3.85. The Hall–Kier alpha value is -3.81. The monoisotopic (exact) mass is 435 g/mol. The molecule has 8 heteroatoms. The maximum absolute atomic E-state index is 13.3. The molecule has 1 atom stereocenters. The summed E-state index contributed by atoms with van der Waals surface area (Å²) in [5.41, 5.74) is 0.697. The summed E-state index contributed by atoms with van der Waals surface area (Å²) < 4.78 is 13.0. The molecule has 2 aromatic heterocycles. The first-order chi connectivity index (χ1) is 15.5. The van der Waals surface area contributed by atoms with Crippen LogP contribution in [0, 0.1) is 6.92 Å². The molecule has 166 valence electrons. The van der Waals surface area contributed by atoms with Gasteiger partial charge in [-0.2, -0.15) is 0 Å². The van der Waals surface area contributed by atoms with Crippen LogP contribution in [-0.4, -0.2) is 44.4 Å². The fraction of sp³-hybridized carbons (Fsp3) is 0.292. The molecule has 0 radical (unpaired) electrons. The van der Waals surface area contributed by atoms with Crippen LogP contribution in [0.15, 0.2) is 70.9 Å². The summed E-state index contributed by atoms with van der Waals surface area (Å²) in [7, 11) is 0. The lowest BCUT2D eigenvalue weighted by Gasteiger charge is -2.27. The lowest BCUT2D eigenvalue weighted by atomic mass is 9.95. The zero-order valence-electron chi connectivity index (χ0n) is 18.0. The lowest BCUT2D eigenvalue weighted by molar-refractivity contribution is -0.129. The van der Waals surface area contributed by atoms with Crippen molar-refractivity contribution in [1.82, 2.24) is 14.5 Å². The highest BCUT2D eigenvalue weighted by atomic mass is 16.5. The highest BCUT2D eigenvalue weighted by Gasteiger charge is 2.44. The van der Waals surface area contributed by atoms with Crippen LogP contribution in [0.5, 0.6) is 5.75 Å². The molecule has 0 saturated carbocycles. The average molecular weight is 435 g/mol. The molecule has 0 aliphatic carbocycles. The van der Waals surface area contributed by atoms with Crippen molar-refractivity contribution in [2.75, 3.05) is 13.2 Å². The van der Waals surface area contributed by atoms with Crippen molar-refractivity contribution in [3.05, 3.63) is 83.5 Å². The molecular formula is C24H25N3O5. The Balaban J connectivity index is 1.68. The minimum absolute atomic E-state index is 0.0145. The van der Waals surface area contributed by atoms with Crippen LogP contribution in [-0.2, 0) is 11.3 Å². The second kappa shape index (κ2) is 9.13. The number of hydrogen-bond donors (Lipinski definition) is 1. The summed E-state index contributed by atoms with van der Waals surface area (Å²) in [5.74, 6) is -0.337. The molecule has 3 heterocycles. The summed E-state index contributed by atoms with van der Waals surface area (Å²) in [6.45, 7) is 5.10. The van der Waals surface area contributed by atoms with Gasteiger partial charge >= 0.3 is 0 Å². The van der Waals surface area contributed by atoms with Crippen molar-refractivity contribution in [2.24, 2.45) is 0 Å². The van der Waals surface area contributed by atoms with E-state index < -0.39 is 23.5 Å². The number of Topliss-reactive ketones (excluding diaryl/α,β-unsaturated/α-hetero) is 1. The van der Waals surface area contributed by atoms with Gasteiger partial charge in [0.2, 0.25) is 5.78 Å². The number of carbonyl (C=O) groups is 2. The van der Waals surface area contributed by atoms with E-state index in [2.05, 4.69) is 4.98 Å². The molecule has 1 aliphatic rings. The van der Waals surface area contributed by atoms with Crippen LogP contribution in [0.4, 0.5) is 0 Å². The van der Waals surface area contributed by atoms with Crippen molar-refractivity contribution in [3.63, 3.8) is 0 Å². The fourth-order valence-corrected chi connectivity index (χ4v) is 3.94. The maximum Gasteiger partial charge on any atom is 0.290 e. The van der Waals surface area contributed by atoms with Gasteiger partial charge in [-0.3, -0.25) is 9.59 Å². The Labute approximate surface area is 185 Å². The molecule has 32 heavy (non-hydrogen) atoms. The van der Waals surface area contributed by atoms with Gasteiger partial charge in [-0.15, -0.1) is 0 Å². The van der Waals surface area contributed by atoms with Gasteiger partial charge in [0.1, 0.15) is 11.5 Å². The number of ether oxygens (including phenoxy) is 1. The van der Waals surface area contributed by atoms with Crippen molar-refractivity contribution in [3.8, 4) is 5.75 Å². The standard InChI is InChI=1S/C24H25N3O5/c1-3-31-18-7-4-6-17(14-18)21-20(22(28)19-9-8-16(2)32-19)23(29)24(30)27(21)12-5-11-26-13-10-25-15-26/h4,6-10,13-15,21,29H,3,5,11-12H2,1-2H3/t21-/m1/s1. The first-order valence-electron chi connectivity index (χ1n) is 10.5. The Morgan fingerprint density at radius 2 is 2.09 bits per heavy atom. The number of nitrogens with zero attached hydrogens (tertiary/aromatic N) is 3. The number of imidazole rings is 1. The van der Waals surface area contributed by atoms with Gasteiger partial charge in [-0.1, -0.05) is 12.1 Å². The number of aromatic nitrogens is 2. The molecule has 0 spiro atoms. The van der Waals surface area contributed by atoms with Gasteiger partial charge in [0.25, 0.3) is 5.91 Å². The molecule has 0 bridgehead atoms. The molecule has 0 saturated heterocycles. The van der Waals surface area contributed by atoms with Crippen LogP contribution in [0.1, 0.15) is 41.3 Å². The third-order valence-corrected chi connectivity index (χ3v) is 5.37. The van der Waals surface area contributed by atoms with E-state index in [1.54, 1.807) is 37.6 Å². The molecule has 4 rings (SSSR count). The van der Waals surface area contributed by atoms with Gasteiger partial charge in [0, 0.05) is 25.5 Å².